The summed E-state index contributed by atoms with van der Waals surface area (Å²) in [5.41, 5.74) is 1.24. The number of benzene rings is 1. The molecule has 6 nitrogen and oxygen atoms in total. The summed E-state index contributed by atoms with van der Waals surface area (Å²) in [7, 11) is 1.40. The van der Waals surface area contributed by atoms with Crippen molar-refractivity contribution >= 4 is 0 Å². The molecule has 2 aromatic rings. The monoisotopic (exact) mass is 296 g/mol. The van der Waals surface area contributed by atoms with Crippen LogP contribution in [0.4, 0.5) is 8.78 Å². The zero-order valence-electron chi connectivity index (χ0n) is 11.3. The van der Waals surface area contributed by atoms with Gasteiger partial charge in [-0.1, -0.05) is 5.21 Å². The third-order valence-electron chi connectivity index (χ3n) is 3.32. The van der Waals surface area contributed by atoms with Gasteiger partial charge in [-0.05, 0) is 18.2 Å². The van der Waals surface area contributed by atoms with Crippen LogP contribution in [0.5, 0.6) is 11.5 Å². The van der Waals surface area contributed by atoms with Crippen LogP contribution >= 0.6 is 0 Å². The number of halogens is 2. The Morgan fingerprint density at radius 1 is 1.33 bits per heavy atom. The van der Waals surface area contributed by atoms with Gasteiger partial charge in [0.25, 0.3) is 0 Å². The van der Waals surface area contributed by atoms with Crippen molar-refractivity contribution in [3.05, 3.63) is 24.4 Å². The van der Waals surface area contributed by atoms with Gasteiger partial charge in [-0.25, -0.2) is 4.68 Å². The molecule has 0 radical (unpaired) electrons. The molecule has 0 aliphatic carbocycles. The van der Waals surface area contributed by atoms with Crippen molar-refractivity contribution < 1.29 is 18.3 Å². The molecule has 0 saturated carbocycles. The van der Waals surface area contributed by atoms with E-state index in [1.807, 2.05) is 0 Å². The third-order valence-corrected chi connectivity index (χ3v) is 3.32. The van der Waals surface area contributed by atoms with Crippen molar-refractivity contribution in [3.63, 3.8) is 0 Å². The first-order chi connectivity index (χ1) is 10.2. The maximum Gasteiger partial charge on any atom is 0.387 e. The summed E-state index contributed by atoms with van der Waals surface area (Å²) >= 11 is 0. The van der Waals surface area contributed by atoms with Crippen LogP contribution in [0.1, 0.15) is 6.04 Å². The maximum absolute atomic E-state index is 12.4. The lowest BCUT2D eigenvalue weighted by Gasteiger charge is -2.26. The standard InChI is InChI=1S/C13H14F2N4O2/c1-20-11-3-2-8(4-12(11)21-13(14)15)10-7-19(18-17-10)9-5-16-6-9/h2-4,7,9,13,16H,5-6H2,1H3. The number of hydrogen-bond donors (Lipinski definition) is 1. The summed E-state index contributed by atoms with van der Waals surface area (Å²) in [6.45, 7) is -1.21. The second-order valence-electron chi connectivity index (χ2n) is 4.64. The average Bonchev–Trinajstić information content (AvgIpc) is 2.85. The molecule has 1 fully saturated rings. The zero-order valence-corrected chi connectivity index (χ0v) is 11.3. The van der Waals surface area contributed by atoms with Crippen LogP contribution < -0.4 is 14.8 Å². The minimum atomic E-state index is -2.91. The lowest BCUT2D eigenvalue weighted by Crippen LogP contribution is -2.43. The Balaban J connectivity index is 1.88. The number of nitrogens with one attached hydrogen (secondary N) is 1. The molecule has 1 aliphatic rings. The molecule has 1 aromatic carbocycles. The van der Waals surface area contributed by atoms with Crippen molar-refractivity contribution in [2.75, 3.05) is 20.2 Å². The topological polar surface area (TPSA) is 61.2 Å². The van der Waals surface area contributed by atoms with Crippen LogP contribution in [0.15, 0.2) is 24.4 Å². The SMILES string of the molecule is COc1ccc(-c2cn(C3CNC3)nn2)cc1OC(F)F. The first-order valence-corrected chi connectivity index (χ1v) is 6.43. The number of aromatic nitrogens is 3. The number of methoxy groups -OCH3 is 1. The predicted octanol–water partition coefficient (Wildman–Crippen LogP) is 1.70. The van der Waals surface area contributed by atoms with E-state index < -0.39 is 6.61 Å². The summed E-state index contributed by atoms with van der Waals surface area (Å²) in [6.07, 6.45) is 1.79. The molecular formula is C13H14F2N4O2. The quantitative estimate of drug-likeness (QED) is 0.910. The lowest BCUT2D eigenvalue weighted by atomic mass is 10.1. The number of hydrogen-bond acceptors (Lipinski definition) is 5. The second-order valence-corrected chi connectivity index (χ2v) is 4.64. The highest BCUT2D eigenvalue weighted by molar-refractivity contribution is 5.63. The molecule has 3 rings (SSSR count). The van der Waals surface area contributed by atoms with E-state index in [1.54, 1.807) is 23.0 Å². The summed E-state index contributed by atoms with van der Waals surface area (Å²) in [6, 6.07) is 5.06. The Morgan fingerprint density at radius 3 is 2.76 bits per heavy atom. The lowest BCUT2D eigenvalue weighted by molar-refractivity contribution is -0.0511. The van der Waals surface area contributed by atoms with E-state index >= 15 is 0 Å². The fourth-order valence-electron chi connectivity index (χ4n) is 2.07. The molecule has 0 amide bonds. The third kappa shape index (κ3) is 2.80. The molecule has 0 atom stereocenters. The smallest absolute Gasteiger partial charge is 0.387 e. The highest BCUT2D eigenvalue weighted by Gasteiger charge is 2.21. The van der Waals surface area contributed by atoms with Gasteiger partial charge in [0.2, 0.25) is 0 Å². The average molecular weight is 296 g/mol. The Kier molecular flexibility index (Phi) is 3.70. The zero-order chi connectivity index (χ0) is 14.8. The van der Waals surface area contributed by atoms with Gasteiger partial charge in [0.05, 0.1) is 19.3 Å². The van der Waals surface area contributed by atoms with Crippen molar-refractivity contribution in [2.45, 2.75) is 12.7 Å². The Bertz CT molecular complexity index is 628. The molecule has 1 aromatic heterocycles. The molecule has 0 unspecified atom stereocenters. The largest absolute Gasteiger partial charge is 0.493 e. The van der Waals surface area contributed by atoms with Crippen LogP contribution in [0.2, 0.25) is 0 Å². The van der Waals surface area contributed by atoms with Gasteiger partial charge in [-0.2, -0.15) is 8.78 Å². The molecule has 8 heteroatoms. The molecular weight excluding hydrogens is 282 g/mol. The minimum absolute atomic E-state index is 0.0233. The van der Waals surface area contributed by atoms with E-state index in [0.717, 1.165) is 13.1 Å². The maximum atomic E-state index is 12.4. The summed E-state index contributed by atoms with van der Waals surface area (Å²) < 4.78 is 36.1. The van der Waals surface area contributed by atoms with Crippen molar-refractivity contribution in [1.29, 1.82) is 0 Å². The number of nitrogens with zero attached hydrogens (tertiary/aromatic N) is 3. The number of alkyl halides is 2. The van der Waals surface area contributed by atoms with E-state index in [2.05, 4.69) is 20.4 Å². The Morgan fingerprint density at radius 2 is 2.14 bits per heavy atom. The van der Waals surface area contributed by atoms with Gasteiger partial charge in [0.15, 0.2) is 11.5 Å². The van der Waals surface area contributed by atoms with Crippen molar-refractivity contribution in [1.82, 2.24) is 20.3 Å². The highest BCUT2D eigenvalue weighted by Crippen LogP contribution is 2.33. The fraction of sp³-hybridized carbons (Fsp3) is 0.385. The van der Waals surface area contributed by atoms with Crippen LogP contribution in [-0.2, 0) is 0 Å². The summed E-state index contributed by atoms with van der Waals surface area (Å²) in [4.78, 5) is 0. The number of ether oxygens (including phenoxy) is 2. The van der Waals surface area contributed by atoms with Crippen LogP contribution in [-0.4, -0.2) is 41.8 Å². The van der Waals surface area contributed by atoms with Crippen LogP contribution in [0.25, 0.3) is 11.3 Å². The minimum Gasteiger partial charge on any atom is -0.493 e. The van der Waals surface area contributed by atoms with Crippen LogP contribution in [0.3, 0.4) is 0 Å². The summed E-state index contributed by atoms with van der Waals surface area (Å²) in [5, 5.41) is 11.3. The van der Waals surface area contributed by atoms with E-state index in [1.165, 1.54) is 13.2 Å². The molecule has 0 spiro atoms. The van der Waals surface area contributed by atoms with Crippen molar-refractivity contribution in [3.8, 4) is 22.8 Å². The van der Waals surface area contributed by atoms with E-state index in [9.17, 15) is 8.78 Å². The van der Waals surface area contributed by atoms with Crippen molar-refractivity contribution in [2.24, 2.45) is 0 Å². The first-order valence-electron chi connectivity index (χ1n) is 6.43. The number of rotatable bonds is 5. The van der Waals surface area contributed by atoms with Gasteiger partial charge >= 0.3 is 6.61 Å². The van der Waals surface area contributed by atoms with Gasteiger partial charge in [-0.3, -0.25) is 0 Å². The second kappa shape index (κ2) is 5.65. The normalized spacial score (nSPS) is 15.0. The molecule has 1 saturated heterocycles. The van der Waals surface area contributed by atoms with Gasteiger partial charge < -0.3 is 14.8 Å². The molecule has 1 aliphatic heterocycles. The first kappa shape index (κ1) is 13.7. The molecule has 112 valence electrons. The van der Waals surface area contributed by atoms with E-state index in [0.29, 0.717) is 17.3 Å². The molecule has 1 N–H and O–H groups in total. The van der Waals surface area contributed by atoms with Gasteiger partial charge in [-0.15, -0.1) is 5.10 Å². The van der Waals surface area contributed by atoms with E-state index in [-0.39, 0.29) is 11.5 Å². The Labute approximate surface area is 119 Å². The summed E-state index contributed by atoms with van der Waals surface area (Å²) in [5.74, 6) is 0.222. The molecule has 0 bridgehead atoms. The van der Waals surface area contributed by atoms with Gasteiger partial charge in [0.1, 0.15) is 5.69 Å². The fourth-order valence-corrected chi connectivity index (χ4v) is 2.07. The molecule has 2 heterocycles. The van der Waals surface area contributed by atoms with Crippen LogP contribution in [0, 0.1) is 0 Å². The van der Waals surface area contributed by atoms with E-state index in [4.69, 9.17) is 4.74 Å². The predicted molar refractivity (Wildman–Crippen MR) is 70.5 cm³/mol. The molecule has 21 heavy (non-hydrogen) atoms. The Hall–Kier alpha value is -2.22. The highest BCUT2D eigenvalue weighted by atomic mass is 19.3. The van der Waals surface area contributed by atoms with Gasteiger partial charge in [0, 0.05) is 18.7 Å².